The number of amides is 3. The van der Waals surface area contributed by atoms with Gasteiger partial charge in [-0.2, -0.15) is 0 Å². The molecule has 5 nitrogen and oxygen atoms in total. The number of benzene rings is 1. The van der Waals surface area contributed by atoms with E-state index in [1.165, 1.54) is 6.07 Å². The van der Waals surface area contributed by atoms with Crippen LogP contribution in [0.3, 0.4) is 0 Å². The number of hydrogen-bond donors (Lipinski definition) is 2. The normalized spacial score (nSPS) is 18.6. The van der Waals surface area contributed by atoms with Gasteiger partial charge in [0.05, 0.1) is 0 Å². The predicted molar refractivity (Wildman–Crippen MR) is 84.1 cm³/mol. The summed E-state index contributed by atoms with van der Waals surface area (Å²) >= 11 is 0. The molecular formula is C17H22FN3O2. The molecule has 1 aliphatic carbocycles. The summed E-state index contributed by atoms with van der Waals surface area (Å²) in [6.07, 6.45) is 3.45. The van der Waals surface area contributed by atoms with Crippen molar-refractivity contribution in [3.8, 4) is 0 Å². The van der Waals surface area contributed by atoms with Crippen molar-refractivity contribution in [3.05, 3.63) is 35.6 Å². The summed E-state index contributed by atoms with van der Waals surface area (Å²) in [6.45, 7) is 1.39. The number of rotatable bonds is 4. The minimum Gasteiger partial charge on any atom is -0.352 e. The number of carbonyl (C=O) groups is 2. The molecule has 0 aromatic heterocycles. The molecule has 1 aliphatic heterocycles. The summed E-state index contributed by atoms with van der Waals surface area (Å²) in [7, 11) is 0. The van der Waals surface area contributed by atoms with Gasteiger partial charge < -0.3 is 15.5 Å². The van der Waals surface area contributed by atoms with E-state index >= 15 is 0 Å². The number of carbonyl (C=O) groups excluding carboxylic acids is 2. The monoisotopic (exact) mass is 319 g/mol. The molecule has 3 rings (SSSR count). The molecule has 2 N–H and O–H groups in total. The Morgan fingerprint density at radius 3 is 2.48 bits per heavy atom. The van der Waals surface area contributed by atoms with Crippen LogP contribution in [-0.2, 0) is 11.3 Å². The first kappa shape index (κ1) is 15.8. The van der Waals surface area contributed by atoms with Crippen molar-refractivity contribution in [2.24, 2.45) is 5.92 Å². The number of hydrogen-bond acceptors (Lipinski definition) is 2. The lowest BCUT2D eigenvalue weighted by Gasteiger charge is -2.31. The Kier molecular flexibility index (Phi) is 4.79. The molecule has 1 aromatic carbocycles. The third-order valence-corrected chi connectivity index (χ3v) is 4.47. The van der Waals surface area contributed by atoms with E-state index in [0.717, 1.165) is 12.8 Å². The van der Waals surface area contributed by atoms with Crippen LogP contribution in [0.2, 0.25) is 0 Å². The van der Waals surface area contributed by atoms with Gasteiger partial charge in [-0.3, -0.25) is 4.79 Å². The number of urea groups is 1. The maximum atomic E-state index is 13.5. The maximum Gasteiger partial charge on any atom is 0.317 e. The van der Waals surface area contributed by atoms with Gasteiger partial charge in [0, 0.05) is 37.2 Å². The molecule has 0 bridgehead atoms. The van der Waals surface area contributed by atoms with Gasteiger partial charge in [0.2, 0.25) is 5.91 Å². The second-order valence-electron chi connectivity index (χ2n) is 6.29. The molecule has 3 amide bonds. The minimum atomic E-state index is -0.306. The number of halogens is 1. The van der Waals surface area contributed by atoms with Crippen LogP contribution in [0.25, 0.3) is 0 Å². The largest absolute Gasteiger partial charge is 0.352 e. The van der Waals surface area contributed by atoms with E-state index in [1.807, 2.05) is 0 Å². The molecule has 124 valence electrons. The molecule has 0 unspecified atom stereocenters. The Hall–Kier alpha value is -2.11. The zero-order valence-corrected chi connectivity index (χ0v) is 13.1. The van der Waals surface area contributed by atoms with Gasteiger partial charge >= 0.3 is 6.03 Å². The highest BCUT2D eigenvalue weighted by Gasteiger charge is 2.30. The Bertz CT molecular complexity index is 581. The third kappa shape index (κ3) is 4.21. The number of nitrogens with zero attached hydrogens (tertiary/aromatic N) is 1. The van der Waals surface area contributed by atoms with Crippen LogP contribution in [0.4, 0.5) is 9.18 Å². The molecule has 0 radical (unpaired) electrons. The zero-order chi connectivity index (χ0) is 16.2. The first-order chi connectivity index (χ1) is 11.1. The van der Waals surface area contributed by atoms with Gasteiger partial charge in [-0.25, -0.2) is 9.18 Å². The van der Waals surface area contributed by atoms with Crippen LogP contribution >= 0.6 is 0 Å². The van der Waals surface area contributed by atoms with E-state index < -0.39 is 0 Å². The zero-order valence-electron chi connectivity index (χ0n) is 13.1. The highest BCUT2D eigenvalue weighted by atomic mass is 19.1. The Morgan fingerprint density at radius 2 is 1.83 bits per heavy atom. The summed E-state index contributed by atoms with van der Waals surface area (Å²) in [5.74, 6) is -0.471. The summed E-state index contributed by atoms with van der Waals surface area (Å²) in [5, 5.41) is 5.76. The van der Waals surface area contributed by atoms with E-state index in [2.05, 4.69) is 10.6 Å². The second-order valence-corrected chi connectivity index (χ2v) is 6.29. The highest BCUT2D eigenvalue weighted by molar-refractivity contribution is 5.79. The van der Waals surface area contributed by atoms with Gasteiger partial charge in [-0.15, -0.1) is 0 Å². The molecule has 1 heterocycles. The van der Waals surface area contributed by atoms with Gasteiger partial charge in [0.25, 0.3) is 0 Å². The molecule has 0 spiro atoms. The van der Waals surface area contributed by atoms with Crippen molar-refractivity contribution in [3.63, 3.8) is 0 Å². The quantitative estimate of drug-likeness (QED) is 0.892. The fourth-order valence-electron chi connectivity index (χ4n) is 2.81. The average molecular weight is 319 g/mol. The topological polar surface area (TPSA) is 61.4 Å². The standard InChI is InChI=1S/C17H22FN3O2/c18-15-4-2-1-3-13(15)11-19-16(22)12-7-9-21(10-8-12)17(23)20-14-5-6-14/h1-4,12,14H,5-11H2,(H,19,22)(H,20,23). The third-order valence-electron chi connectivity index (χ3n) is 4.47. The molecular weight excluding hydrogens is 297 g/mol. The van der Waals surface area contributed by atoms with Crippen LogP contribution in [-0.4, -0.2) is 36.0 Å². The molecule has 23 heavy (non-hydrogen) atoms. The van der Waals surface area contributed by atoms with Gasteiger partial charge in [0.1, 0.15) is 5.82 Å². The predicted octanol–water partition coefficient (Wildman–Crippen LogP) is 2.03. The van der Waals surface area contributed by atoms with E-state index in [9.17, 15) is 14.0 Å². The van der Waals surface area contributed by atoms with Crippen molar-refractivity contribution in [2.45, 2.75) is 38.3 Å². The van der Waals surface area contributed by atoms with Crippen LogP contribution < -0.4 is 10.6 Å². The second kappa shape index (κ2) is 6.98. The molecule has 0 atom stereocenters. The van der Waals surface area contributed by atoms with E-state index in [0.29, 0.717) is 37.5 Å². The molecule has 1 saturated heterocycles. The fourth-order valence-corrected chi connectivity index (χ4v) is 2.81. The SMILES string of the molecule is O=C(NCc1ccccc1F)C1CCN(C(=O)NC2CC2)CC1. The summed E-state index contributed by atoms with van der Waals surface area (Å²) in [5.41, 5.74) is 0.488. The molecule has 6 heteroatoms. The number of likely N-dealkylation sites (tertiary alicyclic amines) is 1. The first-order valence-corrected chi connectivity index (χ1v) is 8.20. The number of piperidine rings is 1. The van der Waals surface area contributed by atoms with E-state index in [1.54, 1.807) is 23.1 Å². The molecule has 1 aromatic rings. The van der Waals surface area contributed by atoms with Gasteiger partial charge in [0.15, 0.2) is 0 Å². The van der Waals surface area contributed by atoms with Crippen molar-refractivity contribution >= 4 is 11.9 Å². The maximum absolute atomic E-state index is 13.5. The van der Waals surface area contributed by atoms with Crippen LogP contribution in [0, 0.1) is 11.7 Å². The summed E-state index contributed by atoms with van der Waals surface area (Å²) < 4.78 is 13.5. The van der Waals surface area contributed by atoms with Crippen LogP contribution in [0.15, 0.2) is 24.3 Å². The molecule has 2 aliphatic rings. The van der Waals surface area contributed by atoms with Crippen LogP contribution in [0.1, 0.15) is 31.2 Å². The van der Waals surface area contributed by atoms with Crippen molar-refractivity contribution in [1.82, 2.24) is 15.5 Å². The first-order valence-electron chi connectivity index (χ1n) is 8.20. The highest BCUT2D eigenvalue weighted by Crippen LogP contribution is 2.21. The van der Waals surface area contributed by atoms with Gasteiger partial charge in [-0.05, 0) is 31.7 Å². The van der Waals surface area contributed by atoms with E-state index in [4.69, 9.17) is 0 Å². The smallest absolute Gasteiger partial charge is 0.317 e. The van der Waals surface area contributed by atoms with Crippen LogP contribution in [0.5, 0.6) is 0 Å². The minimum absolute atomic E-state index is 0.0160. The lowest BCUT2D eigenvalue weighted by molar-refractivity contribution is -0.126. The lowest BCUT2D eigenvalue weighted by atomic mass is 9.96. The van der Waals surface area contributed by atoms with Gasteiger partial charge in [-0.1, -0.05) is 18.2 Å². The molecule has 2 fully saturated rings. The van der Waals surface area contributed by atoms with E-state index in [-0.39, 0.29) is 30.2 Å². The molecule has 1 saturated carbocycles. The van der Waals surface area contributed by atoms with Crippen molar-refractivity contribution in [2.75, 3.05) is 13.1 Å². The summed E-state index contributed by atoms with van der Waals surface area (Å²) in [6, 6.07) is 6.77. The summed E-state index contributed by atoms with van der Waals surface area (Å²) in [4.78, 5) is 25.9. The fraction of sp³-hybridized carbons (Fsp3) is 0.529. The number of nitrogens with one attached hydrogen (secondary N) is 2. The average Bonchev–Trinajstić information content (AvgIpc) is 3.38. The lowest BCUT2D eigenvalue weighted by Crippen LogP contribution is -2.47. The Labute approximate surface area is 135 Å². The Balaban J connectivity index is 1.42. The van der Waals surface area contributed by atoms with Crippen molar-refractivity contribution in [1.29, 1.82) is 0 Å². The Morgan fingerprint density at radius 1 is 1.13 bits per heavy atom. The van der Waals surface area contributed by atoms with Crippen molar-refractivity contribution < 1.29 is 14.0 Å².